The summed E-state index contributed by atoms with van der Waals surface area (Å²) in [4.78, 5) is 9.67. The van der Waals surface area contributed by atoms with Crippen LogP contribution in [0.25, 0.3) is 0 Å². The van der Waals surface area contributed by atoms with E-state index in [0.29, 0.717) is 0 Å². The summed E-state index contributed by atoms with van der Waals surface area (Å²) >= 11 is -0.167. The largest absolute Gasteiger partial charge is 0.480 e. The molecule has 1 unspecified atom stereocenters. The van der Waals surface area contributed by atoms with Gasteiger partial charge in [0.05, 0.1) is 12.1 Å². The molecule has 0 aliphatic rings. The van der Waals surface area contributed by atoms with E-state index in [0.717, 1.165) is 0 Å². The molecule has 1 N–H and O–H groups in total. The minimum Gasteiger partial charge on any atom is -0.480 e. The van der Waals surface area contributed by atoms with E-state index in [9.17, 15) is 8.68 Å². The molecule has 0 heterocycles. The van der Waals surface area contributed by atoms with Gasteiger partial charge in [0, 0.05) is 0 Å². The van der Waals surface area contributed by atoms with Gasteiger partial charge in [0.25, 0.3) is 0 Å². The van der Waals surface area contributed by atoms with Crippen molar-refractivity contribution in [3.8, 4) is 0 Å². The van der Waals surface area contributed by atoms with Gasteiger partial charge in [0.2, 0.25) is 0 Å². The van der Waals surface area contributed by atoms with Gasteiger partial charge in [-0.2, -0.15) is 3.89 Å². The Morgan fingerprint density at radius 2 is 2.43 bits per heavy atom. The maximum Gasteiger partial charge on any atom is 0.319 e. The van der Waals surface area contributed by atoms with Crippen LogP contribution in [0.4, 0.5) is 3.89 Å². The topological polar surface area (TPSA) is 37.3 Å². The van der Waals surface area contributed by atoms with Gasteiger partial charge in [-0.05, 0) is 6.92 Å². The van der Waals surface area contributed by atoms with Crippen molar-refractivity contribution in [3.05, 3.63) is 0 Å². The maximum absolute atomic E-state index is 11.2. The summed E-state index contributed by atoms with van der Waals surface area (Å²) in [5, 5.41) is 6.99. The molecule has 0 aliphatic heterocycles. The zero-order chi connectivity index (χ0) is 5.86. The molecule has 0 saturated heterocycles. The van der Waals surface area contributed by atoms with E-state index in [1.165, 1.54) is 6.92 Å². The van der Waals surface area contributed by atoms with Gasteiger partial charge >= 0.3 is 5.97 Å². The minimum atomic E-state index is -1.12. The fraction of sp³-hybridized carbons (Fsp3) is 0.667. The summed E-state index contributed by atoms with van der Waals surface area (Å²) in [5.41, 5.74) is 0. The van der Waals surface area contributed by atoms with Crippen LogP contribution < -0.4 is 0 Å². The molecule has 0 rings (SSSR count). The summed E-state index contributed by atoms with van der Waals surface area (Å²) in [5.74, 6) is -1.12. The molecule has 0 radical (unpaired) electrons. The van der Waals surface area contributed by atoms with Crippen LogP contribution in [-0.2, 0) is 4.79 Å². The summed E-state index contributed by atoms with van der Waals surface area (Å²) in [6.45, 7) is 1.28. The predicted octanol–water partition coefficient (Wildman–Crippen LogP) is 1.08. The van der Waals surface area contributed by atoms with Crippen LogP contribution in [0.15, 0.2) is 0 Å². The van der Waals surface area contributed by atoms with Crippen LogP contribution in [0, 0.1) is 0 Å². The SMILES string of the molecule is CC(SF)C(=O)O. The molecule has 0 aromatic rings. The molecule has 2 nitrogen and oxygen atoms in total. The zero-order valence-corrected chi connectivity index (χ0v) is 4.54. The molecule has 42 valence electrons. The molecular formula is C3H5FO2S. The normalized spacial score (nSPS) is 13.4. The van der Waals surface area contributed by atoms with Crippen LogP contribution >= 0.6 is 12.1 Å². The molecule has 0 bridgehead atoms. The molecule has 0 saturated carbocycles. The Morgan fingerprint density at radius 1 is 2.00 bits per heavy atom. The second-order valence-corrected chi connectivity index (χ2v) is 1.95. The van der Waals surface area contributed by atoms with Gasteiger partial charge in [-0.3, -0.25) is 4.79 Å². The third kappa shape index (κ3) is 2.45. The molecule has 7 heavy (non-hydrogen) atoms. The molecular weight excluding hydrogens is 119 g/mol. The molecule has 0 amide bonds. The first-order chi connectivity index (χ1) is 3.18. The van der Waals surface area contributed by atoms with Gasteiger partial charge < -0.3 is 5.11 Å². The smallest absolute Gasteiger partial charge is 0.319 e. The van der Waals surface area contributed by atoms with Crippen molar-refractivity contribution in [1.82, 2.24) is 0 Å². The number of rotatable bonds is 2. The lowest BCUT2D eigenvalue weighted by Gasteiger charge is -1.92. The Kier molecular flexibility index (Phi) is 2.75. The lowest BCUT2D eigenvalue weighted by Crippen LogP contribution is -2.09. The fourth-order valence-corrected chi connectivity index (χ4v) is 0.114. The zero-order valence-electron chi connectivity index (χ0n) is 3.72. The lowest BCUT2D eigenvalue weighted by atomic mass is 10.5. The summed E-state index contributed by atoms with van der Waals surface area (Å²) in [7, 11) is 0. The van der Waals surface area contributed by atoms with Crippen molar-refractivity contribution in [2.45, 2.75) is 12.2 Å². The molecule has 1 atom stereocenters. The van der Waals surface area contributed by atoms with E-state index < -0.39 is 11.2 Å². The van der Waals surface area contributed by atoms with Gasteiger partial charge in [-0.15, -0.1) is 0 Å². The number of hydrogen-bond acceptors (Lipinski definition) is 2. The molecule has 0 aromatic carbocycles. The summed E-state index contributed by atoms with van der Waals surface area (Å²) in [6.07, 6.45) is 0. The van der Waals surface area contributed by atoms with Gasteiger partial charge in [-0.25, -0.2) is 0 Å². The van der Waals surface area contributed by atoms with E-state index >= 15 is 0 Å². The Balaban J connectivity index is 3.34. The molecule has 0 aromatic heterocycles. The number of aliphatic carboxylic acids is 1. The Hall–Kier alpha value is -0.250. The van der Waals surface area contributed by atoms with Crippen molar-refractivity contribution in [2.24, 2.45) is 0 Å². The summed E-state index contributed by atoms with van der Waals surface area (Å²) in [6, 6.07) is 0. The van der Waals surface area contributed by atoms with Crippen LogP contribution in [0.3, 0.4) is 0 Å². The predicted molar refractivity (Wildman–Crippen MR) is 25.8 cm³/mol. The highest BCUT2D eigenvalue weighted by Crippen LogP contribution is 2.09. The van der Waals surface area contributed by atoms with Crippen molar-refractivity contribution < 1.29 is 13.8 Å². The fourth-order valence-electron chi connectivity index (χ4n) is 0.0381. The number of carboxylic acid groups (broad SMARTS) is 1. The van der Waals surface area contributed by atoms with E-state index in [4.69, 9.17) is 5.11 Å². The number of carboxylic acids is 1. The lowest BCUT2D eigenvalue weighted by molar-refractivity contribution is -0.136. The number of halogens is 1. The monoisotopic (exact) mass is 124 g/mol. The highest BCUT2D eigenvalue weighted by atomic mass is 32.2. The molecule has 0 spiro atoms. The standard InChI is InChI=1S/C3H5FO2S/c1-2(7-4)3(5)6/h2H,1H3,(H,5,6). The maximum atomic E-state index is 11.2. The first kappa shape index (κ1) is 6.75. The third-order valence-corrected chi connectivity index (χ3v) is 0.950. The molecule has 0 fully saturated rings. The second-order valence-electron chi connectivity index (χ2n) is 1.07. The van der Waals surface area contributed by atoms with Crippen molar-refractivity contribution in [3.63, 3.8) is 0 Å². The second kappa shape index (κ2) is 2.85. The van der Waals surface area contributed by atoms with Gasteiger partial charge in [0.15, 0.2) is 0 Å². The first-order valence-electron chi connectivity index (χ1n) is 1.68. The minimum absolute atomic E-state index is 0.167. The Morgan fingerprint density at radius 3 is 2.43 bits per heavy atom. The quantitative estimate of drug-likeness (QED) is 0.598. The third-order valence-electron chi connectivity index (χ3n) is 0.481. The van der Waals surface area contributed by atoms with Crippen LogP contribution in [-0.4, -0.2) is 16.3 Å². The highest BCUT2D eigenvalue weighted by molar-refractivity contribution is 7.95. The van der Waals surface area contributed by atoms with Crippen LogP contribution in [0.2, 0.25) is 0 Å². The van der Waals surface area contributed by atoms with Gasteiger partial charge in [-0.1, -0.05) is 0 Å². The van der Waals surface area contributed by atoms with E-state index in [1.807, 2.05) is 0 Å². The van der Waals surface area contributed by atoms with E-state index in [1.54, 1.807) is 0 Å². The average Bonchev–Trinajstić information content (AvgIpc) is 1.65. The average molecular weight is 124 g/mol. The van der Waals surface area contributed by atoms with Crippen molar-refractivity contribution >= 4 is 18.1 Å². The Labute approximate surface area is 45.0 Å². The Bertz CT molecular complexity index is 75.3. The highest BCUT2D eigenvalue weighted by Gasteiger charge is 2.09. The van der Waals surface area contributed by atoms with E-state index in [2.05, 4.69) is 0 Å². The first-order valence-corrected chi connectivity index (χ1v) is 2.46. The van der Waals surface area contributed by atoms with E-state index in [-0.39, 0.29) is 12.1 Å². The number of hydrogen-bond donors (Lipinski definition) is 1. The van der Waals surface area contributed by atoms with Crippen LogP contribution in [0.1, 0.15) is 6.92 Å². The molecule has 4 heteroatoms. The summed E-state index contributed by atoms with van der Waals surface area (Å²) < 4.78 is 11.2. The number of carbonyl (C=O) groups is 1. The molecule has 0 aliphatic carbocycles. The van der Waals surface area contributed by atoms with Gasteiger partial charge in [0.1, 0.15) is 5.25 Å². The van der Waals surface area contributed by atoms with Crippen molar-refractivity contribution in [1.29, 1.82) is 0 Å². The van der Waals surface area contributed by atoms with Crippen LogP contribution in [0.5, 0.6) is 0 Å². The van der Waals surface area contributed by atoms with Crippen molar-refractivity contribution in [2.75, 3.05) is 0 Å².